The number of carbonyl (C=O) groups is 2. The van der Waals surface area contributed by atoms with Crippen LogP contribution >= 0.6 is 11.8 Å². The van der Waals surface area contributed by atoms with Gasteiger partial charge in [0.25, 0.3) is 0 Å². The molecular weight excluding hydrogens is 395 g/mol. The molecule has 3 aromatic rings. The molecule has 0 aliphatic carbocycles. The van der Waals surface area contributed by atoms with Gasteiger partial charge in [0.05, 0.1) is 5.75 Å². The molecule has 3 amide bonds. The molecule has 150 valence electrons. The molecule has 29 heavy (non-hydrogen) atoms. The van der Waals surface area contributed by atoms with Gasteiger partial charge in [-0.2, -0.15) is 0 Å². The van der Waals surface area contributed by atoms with Crippen molar-refractivity contribution in [2.75, 3.05) is 16.9 Å². The van der Waals surface area contributed by atoms with Crippen LogP contribution in [0.5, 0.6) is 0 Å². The maximum Gasteiger partial charge on any atom is 0.325 e. The number of aromatic nitrogens is 3. The molecule has 0 saturated carbocycles. The summed E-state index contributed by atoms with van der Waals surface area (Å²) in [4.78, 5) is 24.1. The van der Waals surface area contributed by atoms with E-state index in [2.05, 4.69) is 20.8 Å². The zero-order valence-corrected chi connectivity index (χ0v) is 16.6. The Hall–Kier alpha value is -3.40. The number of hydrogen-bond acceptors (Lipinski definition) is 6. The van der Waals surface area contributed by atoms with Crippen molar-refractivity contribution in [2.24, 2.45) is 0 Å². The van der Waals surface area contributed by atoms with Crippen molar-refractivity contribution in [3.8, 4) is 11.4 Å². The summed E-state index contributed by atoms with van der Waals surface area (Å²) < 4.78 is 14.5. The number of nitrogens with two attached hydrogens (primary N) is 1. The third-order valence-electron chi connectivity index (χ3n) is 3.96. The molecule has 0 spiro atoms. The topological polar surface area (TPSA) is 115 Å². The lowest BCUT2D eigenvalue weighted by atomic mass is 10.1. The summed E-state index contributed by atoms with van der Waals surface area (Å²) >= 11 is 1.01. The fourth-order valence-corrected chi connectivity index (χ4v) is 3.26. The minimum Gasteiger partial charge on any atom is -0.335 e. The number of urea groups is 1. The van der Waals surface area contributed by atoms with Crippen LogP contribution in [0.3, 0.4) is 0 Å². The third-order valence-corrected chi connectivity index (χ3v) is 4.91. The first kappa shape index (κ1) is 20.3. The molecule has 0 radical (unpaired) electrons. The van der Waals surface area contributed by atoms with Gasteiger partial charge >= 0.3 is 6.03 Å². The molecule has 0 aliphatic heterocycles. The summed E-state index contributed by atoms with van der Waals surface area (Å²) in [7, 11) is 0. The minimum atomic E-state index is -0.628. The van der Waals surface area contributed by atoms with Crippen LogP contribution in [0, 0.1) is 19.7 Å². The van der Waals surface area contributed by atoms with Crippen LogP contribution in [-0.2, 0) is 4.79 Å². The maximum atomic E-state index is 13.4. The summed E-state index contributed by atoms with van der Waals surface area (Å²) in [5, 5.41) is 13.0. The Morgan fingerprint density at radius 1 is 1.17 bits per heavy atom. The average Bonchev–Trinajstić information content (AvgIpc) is 3.03. The molecule has 0 bridgehead atoms. The predicted octanol–water partition coefficient (Wildman–Crippen LogP) is 2.86. The summed E-state index contributed by atoms with van der Waals surface area (Å²) in [6.07, 6.45) is 0. The van der Waals surface area contributed by atoms with E-state index in [-0.39, 0.29) is 16.7 Å². The Bertz CT molecular complexity index is 1070. The van der Waals surface area contributed by atoms with E-state index in [0.29, 0.717) is 11.3 Å². The number of nitrogens with one attached hydrogen (secondary N) is 2. The van der Waals surface area contributed by atoms with Crippen molar-refractivity contribution in [2.45, 2.75) is 19.0 Å². The number of halogens is 1. The van der Waals surface area contributed by atoms with Crippen molar-refractivity contribution in [3.63, 3.8) is 0 Å². The van der Waals surface area contributed by atoms with Gasteiger partial charge in [0.15, 0.2) is 5.82 Å². The Balaban J connectivity index is 1.56. The Kier molecular flexibility index (Phi) is 6.13. The van der Waals surface area contributed by atoms with Crippen molar-refractivity contribution in [3.05, 3.63) is 59.4 Å². The zero-order chi connectivity index (χ0) is 21.0. The van der Waals surface area contributed by atoms with Crippen LogP contribution in [0.4, 0.5) is 14.9 Å². The predicted molar refractivity (Wildman–Crippen MR) is 109 cm³/mol. The van der Waals surface area contributed by atoms with Crippen LogP contribution in [0.25, 0.3) is 11.4 Å². The minimum absolute atomic E-state index is 0.0984. The number of amides is 3. The highest BCUT2D eigenvalue weighted by atomic mass is 32.2. The molecule has 0 unspecified atom stereocenters. The van der Waals surface area contributed by atoms with Gasteiger partial charge < -0.3 is 11.2 Å². The number of carbonyl (C=O) groups excluding carboxylic acids is 2. The van der Waals surface area contributed by atoms with Crippen molar-refractivity contribution in [1.29, 1.82) is 0 Å². The lowest BCUT2D eigenvalue weighted by Gasteiger charge is -2.09. The van der Waals surface area contributed by atoms with Gasteiger partial charge in [-0.15, -0.1) is 10.2 Å². The number of aryl methyl sites for hydroxylation is 2. The van der Waals surface area contributed by atoms with Crippen LogP contribution in [0.15, 0.2) is 47.6 Å². The quantitative estimate of drug-likeness (QED) is 0.437. The second kappa shape index (κ2) is 8.74. The molecule has 1 aromatic heterocycles. The van der Waals surface area contributed by atoms with Crippen LogP contribution < -0.4 is 16.5 Å². The van der Waals surface area contributed by atoms with Gasteiger partial charge in [-0.1, -0.05) is 41.6 Å². The van der Waals surface area contributed by atoms with E-state index >= 15 is 0 Å². The standard InChI is InChI=1S/C19H19FN6O2S/c1-11-6-7-15(12(2)8-11)22-18(28)23-16(27)10-29-19-25-24-17(26(19)21)13-4-3-5-14(20)9-13/h3-9H,10,21H2,1-2H3,(H2,22,23,27,28). The number of rotatable bonds is 5. The normalized spacial score (nSPS) is 10.6. The van der Waals surface area contributed by atoms with Crippen molar-refractivity contribution < 1.29 is 14.0 Å². The molecular formula is C19H19FN6O2S. The summed E-state index contributed by atoms with van der Waals surface area (Å²) in [5.41, 5.74) is 3.05. The first-order valence-electron chi connectivity index (χ1n) is 8.61. The second-order valence-electron chi connectivity index (χ2n) is 6.30. The maximum absolute atomic E-state index is 13.4. The number of hydrogen-bond donors (Lipinski definition) is 3. The smallest absolute Gasteiger partial charge is 0.325 e. The van der Waals surface area contributed by atoms with Gasteiger partial charge in [0.2, 0.25) is 11.1 Å². The zero-order valence-electron chi connectivity index (χ0n) is 15.8. The highest BCUT2D eigenvalue weighted by Crippen LogP contribution is 2.22. The molecule has 0 atom stereocenters. The SMILES string of the molecule is Cc1ccc(NC(=O)NC(=O)CSc2nnc(-c3cccc(F)c3)n2N)c(C)c1. The van der Waals surface area contributed by atoms with Gasteiger partial charge in [-0.3, -0.25) is 10.1 Å². The van der Waals surface area contributed by atoms with E-state index in [1.165, 1.54) is 22.9 Å². The number of benzene rings is 2. The average molecular weight is 414 g/mol. The summed E-state index contributed by atoms with van der Waals surface area (Å²) in [5.74, 6) is 5.16. The Morgan fingerprint density at radius 2 is 1.97 bits per heavy atom. The molecule has 1 heterocycles. The van der Waals surface area contributed by atoms with Crippen LogP contribution in [0.1, 0.15) is 11.1 Å². The number of thioether (sulfide) groups is 1. The van der Waals surface area contributed by atoms with Gasteiger partial charge in [0.1, 0.15) is 5.82 Å². The number of anilines is 1. The third kappa shape index (κ3) is 5.11. The number of nitrogens with zero attached hydrogens (tertiary/aromatic N) is 3. The highest BCUT2D eigenvalue weighted by Gasteiger charge is 2.15. The highest BCUT2D eigenvalue weighted by molar-refractivity contribution is 7.99. The fourth-order valence-electron chi connectivity index (χ4n) is 2.60. The molecule has 0 fully saturated rings. The van der Waals surface area contributed by atoms with Crippen molar-refractivity contribution in [1.82, 2.24) is 20.2 Å². The summed E-state index contributed by atoms with van der Waals surface area (Å²) in [6.45, 7) is 3.82. The molecule has 0 aliphatic rings. The van der Waals surface area contributed by atoms with Gasteiger partial charge in [0, 0.05) is 11.3 Å². The second-order valence-corrected chi connectivity index (χ2v) is 7.24. The van der Waals surface area contributed by atoms with Gasteiger partial charge in [-0.05, 0) is 37.6 Å². The van der Waals surface area contributed by atoms with E-state index in [1.807, 2.05) is 26.0 Å². The van der Waals surface area contributed by atoms with E-state index in [9.17, 15) is 14.0 Å². The first-order chi connectivity index (χ1) is 13.8. The van der Waals surface area contributed by atoms with Crippen molar-refractivity contribution >= 4 is 29.4 Å². The van der Waals surface area contributed by atoms with E-state index in [4.69, 9.17) is 5.84 Å². The molecule has 3 rings (SSSR count). The lowest BCUT2D eigenvalue weighted by Crippen LogP contribution is -2.35. The van der Waals surface area contributed by atoms with E-state index in [1.54, 1.807) is 12.1 Å². The fraction of sp³-hybridized carbons (Fsp3) is 0.158. The van der Waals surface area contributed by atoms with Crippen LogP contribution in [0.2, 0.25) is 0 Å². The monoisotopic (exact) mass is 414 g/mol. The number of nitrogen functional groups attached to an aromatic ring is 1. The van der Waals surface area contributed by atoms with E-state index in [0.717, 1.165) is 22.9 Å². The molecule has 2 aromatic carbocycles. The van der Waals surface area contributed by atoms with Crippen LogP contribution in [-0.4, -0.2) is 32.6 Å². The Morgan fingerprint density at radius 3 is 2.69 bits per heavy atom. The van der Waals surface area contributed by atoms with E-state index < -0.39 is 17.8 Å². The van der Waals surface area contributed by atoms with Gasteiger partial charge in [-0.25, -0.2) is 13.9 Å². The molecule has 8 nitrogen and oxygen atoms in total. The largest absolute Gasteiger partial charge is 0.335 e. The first-order valence-corrected chi connectivity index (χ1v) is 9.59. The lowest BCUT2D eigenvalue weighted by molar-refractivity contribution is -0.117. The number of imide groups is 1. The molecule has 0 saturated heterocycles. The summed E-state index contributed by atoms with van der Waals surface area (Å²) in [6, 6.07) is 10.7. The Labute approximate surface area is 170 Å². The molecule has 10 heteroatoms. The molecule has 4 N–H and O–H groups in total.